The van der Waals surface area contributed by atoms with Gasteiger partial charge in [0.05, 0.1) is 52.9 Å². The van der Waals surface area contributed by atoms with Gasteiger partial charge >= 0.3 is 30.4 Å². The highest BCUT2D eigenvalue weighted by Gasteiger charge is 2.22. The van der Waals surface area contributed by atoms with Crippen molar-refractivity contribution < 1.29 is 54.5 Å². The first-order valence-electron chi connectivity index (χ1n) is 24.6. The summed E-state index contributed by atoms with van der Waals surface area (Å²) in [6.07, 6.45) is 37.3. The number of hydrogen-bond acceptors (Lipinski definition) is 12. The van der Waals surface area contributed by atoms with Gasteiger partial charge in [-0.15, -0.1) is 0 Å². The van der Waals surface area contributed by atoms with Crippen LogP contribution < -0.4 is 0 Å². The summed E-state index contributed by atoms with van der Waals surface area (Å²) in [7, 11) is -13.0. The molecule has 0 N–H and O–H groups in total. The van der Waals surface area contributed by atoms with Crippen molar-refractivity contribution in [2.45, 2.75) is 169 Å². The van der Waals surface area contributed by atoms with Crippen molar-refractivity contribution in [3.63, 3.8) is 0 Å². The molecule has 0 aliphatic carbocycles. The molecule has 0 saturated carbocycles. The summed E-state index contributed by atoms with van der Waals surface area (Å²) in [5.41, 5.74) is 0. The molecule has 0 aliphatic rings. The van der Waals surface area contributed by atoms with Crippen LogP contribution >= 0.6 is 30.4 Å². The number of unbranched alkanes of at least 4 members (excludes halogenated alkanes) is 12. The fourth-order valence-electron chi connectivity index (χ4n) is 5.32. The third kappa shape index (κ3) is 42.6. The van der Waals surface area contributed by atoms with Crippen LogP contribution in [0.4, 0.5) is 0 Å². The largest absolute Gasteiger partial charge is 0.353 e. The van der Waals surface area contributed by atoms with Crippen molar-refractivity contribution in [2.24, 2.45) is 0 Å². The van der Waals surface area contributed by atoms with Gasteiger partial charge in [-0.05, 0) is 89.9 Å². The Bertz CT molecular complexity index is 1290. The predicted octanol–water partition coefficient (Wildman–Crippen LogP) is 18.3. The summed E-state index contributed by atoms with van der Waals surface area (Å²) >= 11 is 0. The molecule has 16 heteroatoms. The molecular weight excluding hydrogens is 916 g/mol. The number of hydrogen-bond donors (Lipinski definition) is 0. The molecule has 0 aliphatic heterocycles. The maximum atomic E-state index is 12.5. The van der Waals surface area contributed by atoms with Gasteiger partial charge in [-0.25, -0.2) is 0 Å². The maximum absolute atomic E-state index is 12.5. The highest BCUT2D eigenvalue weighted by molar-refractivity contribution is 7.58. The molecule has 0 heterocycles. The zero-order chi connectivity index (χ0) is 49.4. The van der Waals surface area contributed by atoms with Crippen molar-refractivity contribution >= 4 is 30.4 Å². The van der Waals surface area contributed by atoms with Crippen LogP contribution in [0.5, 0.6) is 0 Å². The molecule has 0 aromatic carbocycles. The highest BCUT2D eigenvalue weighted by atomic mass is 31.2. The van der Waals surface area contributed by atoms with Crippen LogP contribution in [0.2, 0.25) is 0 Å². The second-order valence-electron chi connectivity index (χ2n) is 15.3. The molecule has 4 unspecified atom stereocenters. The van der Waals surface area contributed by atoms with Crippen LogP contribution in [0.3, 0.4) is 0 Å². The Labute approximate surface area is 403 Å². The minimum atomic E-state index is -3.26. The molecule has 0 aromatic rings. The molecule has 0 spiro atoms. The van der Waals surface area contributed by atoms with E-state index < -0.39 is 30.4 Å². The van der Waals surface area contributed by atoms with Gasteiger partial charge < -0.3 is 36.2 Å². The predicted molar refractivity (Wildman–Crippen MR) is 280 cm³/mol. The van der Waals surface area contributed by atoms with Gasteiger partial charge in [0, 0.05) is 23.3 Å². The van der Waals surface area contributed by atoms with Gasteiger partial charge in [0.25, 0.3) is 0 Å². The van der Waals surface area contributed by atoms with Crippen molar-refractivity contribution in [3.8, 4) is 0 Å². The van der Waals surface area contributed by atoms with Crippen LogP contribution in [-0.4, -0.2) is 52.9 Å². The van der Waals surface area contributed by atoms with E-state index in [0.717, 1.165) is 38.5 Å². The van der Waals surface area contributed by atoms with Gasteiger partial charge in [-0.1, -0.05) is 154 Å². The van der Waals surface area contributed by atoms with E-state index in [1.807, 2.05) is 24.3 Å². The molecule has 4 atom stereocenters. The first-order valence-corrected chi connectivity index (χ1v) is 31.0. The van der Waals surface area contributed by atoms with Crippen LogP contribution in [-0.2, 0) is 54.5 Å². The first-order chi connectivity index (χ1) is 31.9. The molecule has 0 aromatic heterocycles. The third-order valence-electron chi connectivity index (χ3n) is 9.34. The normalized spacial score (nSPS) is 15.6. The molecule has 384 valence electrons. The lowest BCUT2D eigenvalue weighted by Crippen LogP contribution is -1.99. The monoisotopic (exact) mass is 1010 g/mol. The van der Waals surface area contributed by atoms with Gasteiger partial charge in [-0.2, -0.15) is 0 Å². The number of rotatable bonds is 48. The Morgan fingerprint density at radius 3 is 0.636 bits per heavy atom. The zero-order valence-corrected chi connectivity index (χ0v) is 45.2. The number of allylic oxidation sites excluding steroid dienone is 4. The molecule has 0 amide bonds. The van der Waals surface area contributed by atoms with Crippen molar-refractivity contribution in [3.05, 3.63) is 98.2 Å². The quantitative estimate of drug-likeness (QED) is 0.0325. The van der Waals surface area contributed by atoms with Crippen molar-refractivity contribution in [1.82, 2.24) is 0 Å². The van der Waals surface area contributed by atoms with Gasteiger partial charge in [0.2, 0.25) is 0 Å². The van der Waals surface area contributed by atoms with E-state index in [4.69, 9.17) is 36.2 Å². The lowest BCUT2D eigenvalue weighted by atomic mass is 10.2. The van der Waals surface area contributed by atoms with E-state index in [2.05, 4.69) is 78.3 Å². The molecule has 0 saturated heterocycles. The van der Waals surface area contributed by atoms with Crippen molar-refractivity contribution in [2.75, 3.05) is 52.9 Å². The second kappa shape index (κ2) is 47.2. The van der Waals surface area contributed by atoms with E-state index >= 15 is 0 Å². The average Bonchev–Trinajstić information content (AvgIpc) is 3.32. The summed E-state index contributed by atoms with van der Waals surface area (Å²) in [6, 6.07) is 0. The van der Waals surface area contributed by atoms with Crippen molar-refractivity contribution in [1.29, 1.82) is 0 Å². The van der Waals surface area contributed by atoms with E-state index in [1.54, 1.807) is 0 Å². The minimum absolute atomic E-state index is 0.301. The fourth-order valence-corrected chi connectivity index (χ4v) is 9.44. The van der Waals surface area contributed by atoms with E-state index in [0.29, 0.717) is 104 Å². The van der Waals surface area contributed by atoms with Gasteiger partial charge in [0.15, 0.2) is 0 Å². The summed E-state index contributed by atoms with van der Waals surface area (Å²) < 4.78 is 93.4. The van der Waals surface area contributed by atoms with E-state index in [-0.39, 0.29) is 0 Å². The van der Waals surface area contributed by atoms with Gasteiger partial charge in [-0.3, -0.25) is 18.3 Å². The van der Waals surface area contributed by atoms with E-state index in [1.165, 1.54) is 74.6 Å². The van der Waals surface area contributed by atoms with Gasteiger partial charge in [0.1, 0.15) is 0 Å². The first kappa shape index (κ1) is 66.6. The molecule has 0 radical (unpaired) electrons. The average molecular weight is 1010 g/mol. The summed E-state index contributed by atoms with van der Waals surface area (Å²) in [5, 5.41) is 0. The Hall–Kier alpha value is -1.48. The Kier molecular flexibility index (Phi) is 47.6. The van der Waals surface area contributed by atoms with Crippen LogP contribution in [0.25, 0.3) is 0 Å². The SMILES string of the molecule is C=CP(=O)(OCC/C=C\CCCC)OCCCCCOP(=O)(C=C)OCC/C=C\CCCC.C=CP(=O)(OCC/C=C\CCCC)OCCCCCOP(=O)(C=C)OCC/C=C\CCCC. The molecule has 0 rings (SSSR count). The Balaban J connectivity index is 0. The second-order valence-corrected chi connectivity index (χ2v) is 23.1. The summed E-state index contributed by atoms with van der Waals surface area (Å²) in [5.74, 6) is 5.03. The molecule has 0 bridgehead atoms. The third-order valence-corrected chi connectivity index (χ3v) is 15.5. The molecular formula is C50H92O12P4. The lowest BCUT2D eigenvalue weighted by molar-refractivity contribution is 0.199. The molecule has 12 nitrogen and oxygen atoms in total. The fraction of sp³-hybridized carbons (Fsp3) is 0.680. The minimum Gasteiger partial charge on any atom is -0.306 e. The molecule has 0 fully saturated rings. The van der Waals surface area contributed by atoms with Crippen LogP contribution in [0.1, 0.15) is 169 Å². The summed E-state index contributed by atoms with van der Waals surface area (Å²) in [4.78, 5) is 0. The topological polar surface area (TPSA) is 142 Å². The highest BCUT2D eigenvalue weighted by Crippen LogP contribution is 2.52. The van der Waals surface area contributed by atoms with Crippen LogP contribution in [0.15, 0.2) is 98.2 Å². The maximum Gasteiger partial charge on any atom is 0.353 e. The lowest BCUT2D eigenvalue weighted by Gasteiger charge is -2.15. The smallest absolute Gasteiger partial charge is 0.306 e. The standard InChI is InChI=1S/2C25H46O6P2/c2*1-5-9-11-13-15-18-22-28-32(26,7-3)30-24-20-17-21-25-31-33(27,8-4)29-23-19-16-14-12-10-6-2/h2*7-8,13-16H,3-6,9-12,17-25H2,1-2H3/b2*15-13-,16-14-. The zero-order valence-electron chi connectivity index (χ0n) is 41.7. The van der Waals surface area contributed by atoms with Crippen LogP contribution in [0, 0.1) is 0 Å². The van der Waals surface area contributed by atoms with E-state index in [9.17, 15) is 18.3 Å². The Morgan fingerprint density at radius 1 is 0.273 bits per heavy atom. The Morgan fingerprint density at radius 2 is 0.455 bits per heavy atom. The molecule has 66 heavy (non-hydrogen) atoms. The summed E-state index contributed by atoms with van der Waals surface area (Å²) in [6.45, 7) is 25.5.